The molecule has 0 radical (unpaired) electrons. The van der Waals surface area contributed by atoms with E-state index in [0.717, 1.165) is 5.56 Å². The van der Waals surface area contributed by atoms with Gasteiger partial charge in [-0.05, 0) is 24.3 Å². The van der Waals surface area contributed by atoms with Gasteiger partial charge >= 0.3 is 0 Å². The number of rotatable bonds is 1. The first-order chi connectivity index (χ1) is 7.31. The summed E-state index contributed by atoms with van der Waals surface area (Å²) in [7, 11) is 0. The summed E-state index contributed by atoms with van der Waals surface area (Å²) in [6.07, 6.45) is 1.67. The summed E-state index contributed by atoms with van der Waals surface area (Å²) in [4.78, 5) is 4.19. The molecule has 1 heterocycles. The van der Waals surface area contributed by atoms with Crippen molar-refractivity contribution in [2.75, 3.05) is 5.73 Å². The molecule has 0 atom stereocenters. The van der Waals surface area contributed by atoms with Crippen molar-refractivity contribution in [1.29, 1.82) is 5.26 Å². The molecule has 72 valence electrons. The highest BCUT2D eigenvalue weighted by Gasteiger charge is 2.04. The Bertz CT molecular complexity index is 509. The van der Waals surface area contributed by atoms with Gasteiger partial charge < -0.3 is 5.73 Å². The standard InChI is InChI=1S/C12H9N3/c13-8-10-2-1-7-15-12(10)9-3-5-11(14)6-4-9/h1-7H,14H2. The quantitative estimate of drug-likeness (QED) is 0.709. The number of nitriles is 1. The van der Waals surface area contributed by atoms with Gasteiger partial charge in [-0.3, -0.25) is 4.98 Å². The number of pyridine rings is 1. The molecular weight excluding hydrogens is 186 g/mol. The molecule has 0 bridgehead atoms. The van der Waals surface area contributed by atoms with Gasteiger partial charge in [0.15, 0.2) is 0 Å². The summed E-state index contributed by atoms with van der Waals surface area (Å²) in [5.41, 5.74) is 8.46. The van der Waals surface area contributed by atoms with Crippen molar-refractivity contribution in [3.8, 4) is 17.3 Å². The monoisotopic (exact) mass is 195 g/mol. The molecule has 15 heavy (non-hydrogen) atoms. The van der Waals surface area contributed by atoms with Gasteiger partial charge in [-0.15, -0.1) is 0 Å². The smallest absolute Gasteiger partial charge is 0.101 e. The third-order valence-corrected chi connectivity index (χ3v) is 2.11. The van der Waals surface area contributed by atoms with Crippen molar-refractivity contribution in [1.82, 2.24) is 4.98 Å². The molecule has 0 fully saturated rings. The molecular formula is C12H9N3. The van der Waals surface area contributed by atoms with E-state index in [2.05, 4.69) is 11.1 Å². The lowest BCUT2D eigenvalue weighted by atomic mass is 10.1. The van der Waals surface area contributed by atoms with Gasteiger partial charge in [-0.2, -0.15) is 5.26 Å². The fraction of sp³-hybridized carbons (Fsp3) is 0. The second-order valence-corrected chi connectivity index (χ2v) is 3.13. The molecule has 0 aliphatic heterocycles. The molecule has 0 unspecified atom stereocenters. The van der Waals surface area contributed by atoms with E-state index in [1.165, 1.54) is 0 Å². The van der Waals surface area contributed by atoms with Crippen LogP contribution in [0.25, 0.3) is 11.3 Å². The first-order valence-corrected chi connectivity index (χ1v) is 4.52. The minimum atomic E-state index is 0.572. The lowest BCUT2D eigenvalue weighted by Gasteiger charge is -2.02. The Labute approximate surface area is 87.8 Å². The van der Waals surface area contributed by atoms with Crippen LogP contribution < -0.4 is 5.73 Å². The molecule has 0 saturated heterocycles. The summed E-state index contributed by atoms with van der Waals surface area (Å²) < 4.78 is 0. The van der Waals surface area contributed by atoms with E-state index in [1.807, 2.05) is 12.1 Å². The van der Waals surface area contributed by atoms with Crippen LogP contribution in [-0.2, 0) is 0 Å². The highest BCUT2D eigenvalue weighted by atomic mass is 14.7. The molecule has 2 N–H and O–H groups in total. The van der Waals surface area contributed by atoms with E-state index in [0.29, 0.717) is 16.9 Å². The van der Waals surface area contributed by atoms with E-state index in [1.54, 1.807) is 30.5 Å². The summed E-state index contributed by atoms with van der Waals surface area (Å²) in [5.74, 6) is 0. The zero-order valence-electron chi connectivity index (χ0n) is 8.01. The van der Waals surface area contributed by atoms with E-state index >= 15 is 0 Å². The summed E-state index contributed by atoms with van der Waals surface area (Å²) in [5, 5.41) is 8.92. The van der Waals surface area contributed by atoms with Crippen molar-refractivity contribution in [2.45, 2.75) is 0 Å². The average molecular weight is 195 g/mol. The van der Waals surface area contributed by atoms with Gasteiger partial charge in [0, 0.05) is 17.4 Å². The van der Waals surface area contributed by atoms with E-state index < -0.39 is 0 Å². The van der Waals surface area contributed by atoms with Crippen LogP contribution in [0, 0.1) is 11.3 Å². The molecule has 0 aliphatic rings. The second-order valence-electron chi connectivity index (χ2n) is 3.13. The maximum Gasteiger partial charge on any atom is 0.101 e. The Hall–Kier alpha value is -2.34. The predicted octanol–water partition coefficient (Wildman–Crippen LogP) is 2.20. The SMILES string of the molecule is N#Cc1cccnc1-c1ccc(N)cc1. The molecule has 0 saturated carbocycles. The topological polar surface area (TPSA) is 62.7 Å². The normalized spacial score (nSPS) is 9.53. The van der Waals surface area contributed by atoms with Crippen LogP contribution in [0.1, 0.15) is 5.56 Å². The fourth-order valence-corrected chi connectivity index (χ4v) is 1.37. The Morgan fingerprint density at radius 3 is 2.53 bits per heavy atom. The molecule has 0 spiro atoms. The molecule has 1 aromatic heterocycles. The van der Waals surface area contributed by atoms with Crippen LogP contribution in [0.4, 0.5) is 5.69 Å². The van der Waals surface area contributed by atoms with Gasteiger partial charge in [0.05, 0.1) is 11.3 Å². The Balaban J connectivity index is 2.55. The summed E-state index contributed by atoms with van der Waals surface area (Å²) >= 11 is 0. The zero-order chi connectivity index (χ0) is 10.7. The van der Waals surface area contributed by atoms with Crippen LogP contribution >= 0.6 is 0 Å². The minimum Gasteiger partial charge on any atom is -0.399 e. The highest BCUT2D eigenvalue weighted by molar-refractivity contribution is 5.67. The summed E-state index contributed by atoms with van der Waals surface area (Å²) in [6, 6.07) is 12.9. The number of nitrogens with two attached hydrogens (primary N) is 1. The van der Waals surface area contributed by atoms with Gasteiger partial charge in [0.25, 0.3) is 0 Å². The molecule has 1 aromatic carbocycles. The van der Waals surface area contributed by atoms with Crippen LogP contribution in [0.3, 0.4) is 0 Å². The lowest BCUT2D eigenvalue weighted by molar-refractivity contribution is 1.30. The first-order valence-electron chi connectivity index (χ1n) is 4.52. The average Bonchev–Trinajstić information content (AvgIpc) is 2.30. The van der Waals surface area contributed by atoms with Crippen molar-refractivity contribution < 1.29 is 0 Å². The third-order valence-electron chi connectivity index (χ3n) is 2.11. The maximum absolute atomic E-state index is 8.92. The number of nitrogens with zero attached hydrogens (tertiary/aromatic N) is 2. The first kappa shape index (κ1) is 9.22. The largest absolute Gasteiger partial charge is 0.399 e. The van der Waals surface area contributed by atoms with E-state index in [4.69, 9.17) is 11.0 Å². The van der Waals surface area contributed by atoms with E-state index in [9.17, 15) is 0 Å². The Morgan fingerprint density at radius 2 is 1.87 bits per heavy atom. The van der Waals surface area contributed by atoms with Crippen molar-refractivity contribution in [3.05, 3.63) is 48.2 Å². The number of nitrogen functional groups attached to an aromatic ring is 1. The number of anilines is 1. The van der Waals surface area contributed by atoms with Crippen molar-refractivity contribution in [3.63, 3.8) is 0 Å². The Morgan fingerprint density at radius 1 is 1.13 bits per heavy atom. The summed E-state index contributed by atoms with van der Waals surface area (Å²) in [6.45, 7) is 0. The van der Waals surface area contributed by atoms with Crippen molar-refractivity contribution in [2.24, 2.45) is 0 Å². The third kappa shape index (κ3) is 1.79. The molecule has 3 heteroatoms. The van der Waals surface area contributed by atoms with Crippen LogP contribution in [-0.4, -0.2) is 4.98 Å². The number of hydrogen-bond donors (Lipinski definition) is 1. The fourth-order valence-electron chi connectivity index (χ4n) is 1.37. The van der Waals surface area contributed by atoms with Crippen molar-refractivity contribution >= 4 is 5.69 Å². The molecule has 2 aromatic rings. The molecule has 3 nitrogen and oxygen atoms in total. The number of aromatic nitrogens is 1. The zero-order valence-corrected chi connectivity index (χ0v) is 8.01. The number of hydrogen-bond acceptors (Lipinski definition) is 3. The van der Waals surface area contributed by atoms with Crippen LogP contribution in [0.15, 0.2) is 42.6 Å². The Kier molecular flexibility index (Phi) is 2.34. The predicted molar refractivity (Wildman–Crippen MR) is 58.8 cm³/mol. The molecule has 2 rings (SSSR count). The number of benzene rings is 1. The minimum absolute atomic E-state index is 0.572. The van der Waals surface area contributed by atoms with Crippen LogP contribution in [0.5, 0.6) is 0 Å². The van der Waals surface area contributed by atoms with Gasteiger partial charge in [0.2, 0.25) is 0 Å². The maximum atomic E-state index is 8.92. The molecule has 0 amide bonds. The van der Waals surface area contributed by atoms with Gasteiger partial charge in [0.1, 0.15) is 6.07 Å². The highest BCUT2D eigenvalue weighted by Crippen LogP contribution is 2.21. The molecule has 0 aliphatic carbocycles. The second kappa shape index (κ2) is 3.81. The lowest BCUT2D eigenvalue weighted by Crippen LogP contribution is -1.89. The van der Waals surface area contributed by atoms with Crippen LogP contribution in [0.2, 0.25) is 0 Å². The van der Waals surface area contributed by atoms with Gasteiger partial charge in [-0.25, -0.2) is 0 Å². The van der Waals surface area contributed by atoms with E-state index in [-0.39, 0.29) is 0 Å². The van der Waals surface area contributed by atoms with Gasteiger partial charge in [-0.1, -0.05) is 12.1 Å².